The SMILES string of the molecule is CC(C(C)(C)C(=O)[O-])P(=O)(O)O. The van der Waals surface area contributed by atoms with Crippen LogP contribution in [0.2, 0.25) is 0 Å². The minimum atomic E-state index is -4.35. The number of carboxylic acid groups (broad SMARTS) is 1. The zero-order chi connectivity index (χ0) is 10.2. The number of aliphatic carboxylic acids is 1. The lowest BCUT2D eigenvalue weighted by atomic mass is 9.90. The zero-order valence-electron chi connectivity index (χ0n) is 7.14. The Bertz CT molecular complexity index is 228. The van der Waals surface area contributed by atoms with Crippen molar-refractivity contribution in [2.75, 3.05) is 0 Å². The molecule has 0 fully saturated rings. The van der Waals surface area contributed by atoms with Crippen LogP contribution in [0.25, 0.3) is 0 Å². The molecule has 6 heteroatoms. The zero-order valence-corrected chi connectivity index (χ0v) is 8.04. The van der Waals surface area contributed by atoms with Crippen molar-refractivity contribution in [2.24, 2.45) is 5.41 Å². The Morgan fingerprint density at radius 1 is 1.50 bits per heavy atom. The van der Waals surface area contributed by atoms with Crippen molar-refractivity contribution in [3.05, 3.63) is 0 Å². The molecule has 0 radical (unpaired) electrons. The molecule has 0 amide bonds. The molecule has 0 aliphatic rings. The molecule has 0 aromatic heterocycles. The van der Waals surface area contributed by atoms with Gasteiger partial charge in [-0.15, -0.1) is 0 Å². The average Bonchev–Trinajstić information content (AvgIpc) is 1.83. The summed E-state index contributed by atoms with van der Waals surface area (Å²) >= 11 is 0. The van der Waals surface area contributed by atoms with Crippen molar-refractivity contribution in [1.29, 1.82) is 0 Å². The molecule has 0 aliphatic heterocycles. The van der Waals surface area contributed by atoms with Crippen LogP contribution >= 0.6 is 7.60 Å². The van der Waals surface area contributed by atoms with E-state index in [4.69, 9.17) is 9.79 Å². The summed E-state index contributed by atoms with van der Waals surface area (Å²) in [6.07, 6.45) is 0. The number of rotatable bonds is 3. The van der Waals surface area contributed by atoms with Gasteiger partial charge in [0.2, 0.25) is 0 Å². The first-order chi connectivity index (χ1) is 5.10. The Balaban J connectivity index is 4.82. The number of carboxylic acids is 1. The summed E-state index contributed by atoms with van der Waals surface area (Å²) in [5.41, 5.74) is -2.76. The number of carbonyl (C=O) groups excluding carboxylic acids is 1. The molecule has 0 spiro atoms. The Hall–Kier alpha value is -0.380. The molecule has 1 unspecified atom stereocenters. The Morgan fingerprint density at radius 2 is 1.83 bits per heavy atom. The second kappa shape index (κ2) is 3.17. The first-order valence-electron chi connectivity index (χ1n) is 3.37. The van der Waals surface area contributed by atoms with Crippen LogP contribution in [0, 0.1) is 5.41 Å². The van der Waals surface area contributed by atoms with E-state index in [1.807, 2.05) is 0 Å². The van der Waals surface area contributed by atoms with Crippen LogP contribution in [-0.2, 0) is 9.36 Å². The standard InChI is InChI=1S/C6H13O5P/c1-4(12(9,10)11)6(2,3)5(7)8/h4H,1-3H3,(H,7,8)(H2,9,10,11)/p-1. The highest BCUT2D eigenvalue weighted by atomic mass is 31.2. The first kappa shape index (κ1) is 11.6. The molecular formula is C6H12O5P-. The van der Waals surface area contributed by atoms with Gasteiger partial charge in [-0.25, -0.2) is 0 Å². The molecule has 0 saturated carbocycles. The van der Waals surface area contributed by atoms with Crippen LogP contribution in [0.3, 0.4) is 0 Å². The summed E-state index contributed by atoms with van der Waals surface area (Å²) < 4.78 is 10.7. The molecule has 0 aliphatic carbocycles. The molecule has 1 atom stereocenters. The third kappa shape index (κ3) is 2.30. The van der Waals surface area contributed by atoms with E-state index < -0.39 is 24.6 Å². The predicted octanol–water partition coefficient (Wildman–Crippen LogP) is -0.671. The lowest BCUT2D eigenvalue weighted by Crippen LogP contribution is -2.44. The first-order valence-corrected chi connectivity index (χ1v) is 5.05. The van der Waals surface area contributed by atoms with Gasteiger partial charge < -0.3 is 19.7 Å². The fourth-order valence-corrected chi connectivity index (χ4v) is 1.54. The molecule has 0 bridgehead atoms. The van der Waals surface area contributed by atoms with E-state index in [0.717, 1.165) is 0 Å². The molecule has 12 heavy (non-hydrogen) atoms. The molecule has 0 aromatic carbocycles. The van der Waals surface area contributed by atoms with E-state index >= 15 is 0 Å². The Kier molecular flexibility index (Phi) is 3.07. The molecular weight excluding hydrogens is 183 g/mol. The van der Waals surface area contributed by atoms with Crippen molar-refractivity contribution in [1.82, 2.24) is 0 Å². The minimum Gasteiger partial charge on any atom is -0.550 e. The van der Waals surface area contributed by atoms with Gasteiger partial charge in [0.15, 0.2) is 0 Å². The van der Waals surface area contributed by atoms with Crippen molar-refractivity contribution in [2.45, 2.75) is 26.4 Å². The van der Waals surface area contributed by atoms with Crippen LogP contribution in [0.5, 0.6) is 0 Å². The van der Waals surface area contributed by atoms with E-state index in [9.17, 15) is 14.5 Å². The maximum absolute atomic E-state index is 10.7. The molecule has 0 aromatic rings. The highest BCUT2D eigenvalue weighted by Crippen LogP contribution is 2.49. The predicted molar refractivity (Wildman–Crippen MR) is 40.3 cm³/mol. The number of hydrogen-bond acceptors (Lipinski definition) is 3. The van der Waals surface area contributed by atoms with Crippen molar-refractivity contribution >= 4 is 13.6 Å². The third-order valence-electron chi connectivity index (χ3n) is 2.08. The summed E-state index contributed by atoms with van der Waals surface area (Å²) in [7, 11) is -4.35. The summed E-state index contributed by atoms with van der Waals surface area (Å²) in [5.74, 6) is -1.46. The van der Waals surface area contributed by atoms with E-state index in [2.05, 4.69) is 0 Å². The summed E-state index contributed by atoms with van der Waals surface area (Å²) in [6.45, 7) is 3.65. The van der Waals surface area contributed by atoms with E-state index in [1.165, 1.54) is 20.8 Å². The van der Waals surface area contributed by atoms with Crippen LogP contribution in [0.15, 0.2) is 0 Å². The van der Waals surface area contributed by atoms with Crippen LogP contribution < -0.4 is 5.11 Å². The monoisotopic (exact) mass is 195 g/mol. The van der Waals surface area contributed by atoms with Gasteiger partial charge in [0, 0.05) is 11.4 Å². The van der Waals surface area contributed by atoms with Crippen LogP contribution in [0.1, 0.15) is 20.8 Å². The van der Waals surface area contributed by atoms with Crippen molar-refractivity contribution in [3.63, 3.8) is 0 Å². The van der Waals surface area contributed by atoms with Crippen molar-refractivity contribution < 1.29 is 24.3 Å². The van der Waals surface area contributed by atoms with E-state index in [-0.39, 0.29) is 0 Å². The van der Waals surface area contributed by atoms with Gasteiger partial charge in [-0.3, -0.25) is 4.57 Å². The van der Waals surface area contributed by atoms with Gasteiger partial charge in [0.05, 0.1) is 5.66 Å². The number of carbonyl (C=O) groups is 1. The summed E-state index contributed by atoms with van der Waals surface area (Å²) in [5, 5.41) is 10.5. The smallest absolute Gasteiger partial charge is 0.329 e. The lowest BCUT2D eigenvalue weighted by Gasteiger charge is -2.32. The van der Waals surface area contributed by atoms with Crippen LogP contribution in [-0.4, -0.2) is 21.4 Å². The molecule has 5 nitrogen and oxygen atoms in total. The second-order valence-corrected chi connectivity index (χ2v) is 5.23. The second-order valence-electron chi connectivity index (χ2n) is 3.27. The van der Waals surface area contributed by atoms with Crippen molar-refractivity contribution in [3.8, 4) is 0 Å². The van der Waals surface area contributed by atoms with Crippen LogP contribution in [0.4, 0.5) is 0 Å². The Labute approximate surface area is 70.6 Å². The third-order valence-corrected chi connectivity index (χ3v) is 3.73. The summed E-state index contributed by atoms with van der Waals surface area (Å²) in [4.78, 5) is 27.8. The quantitative estimate of drug-likeness (QED) is 0.582. The van der Waals surface area contributed by atoms with Gasteiger partial charge >= 0.3 is 7.60 Å². The highest BCUT2D eigenvalue weighted by Gasteiger charge is 2.39. The largest absolute Gasteiger partial charge is 0.550 e. The number of hydrogen-bond donors (Lipinski definition) is 2. The van der Waals surface area contributed by atoms with Gasteiger partial charge in [-0.1, -0.05) is 20.8 Å². The molecule has 0 heterocycles. The van der Waals surface area contributed by atoms with E-state index in [1.54, 1.807) is 0 Å². The molecule has 0 rings (SSSR count). The van der Waals surface area contributed by atoms with Gasteiger partial charge in [-0.2, -0.15) is 0 Å². The molecule has 0 saturated heterocycles. The highest BCUT2D eigenvalue weighted by molar-refractivity contribution is 7.52. The van der Waals surface area contributed by atoms with Gasteiger partial charge in [-0.05, 0) is 0 Å². The fourth-order valence-electron chi connectivity index (χ4n) is 0.591. The maximum Gasteiger partial charge on any atom is 0.329 e. The van der Waals surface area contributed by atoms with Gasteiger partial charge in [0.1, 0.15) is 0 Å². The fraction of sp³-hybridized carbons (Fsp3) is 0.833. The minimum absolute atomic E-state index is 1.19. The van der Waals surface area contributed by atoms with Gasteiger partial charge in [0.25, 0.3) is 0 Å². The molecule has 2 N–H and O–H groups in total. The maximum atomic E-state index is 10.7. The average molecular weight is 195 g/mol. The van der Waals surface area contributed by atoms with E-state index in [0.29, 0.717) is 0 Å². The molecule has 72 valence electrons. The normalized spacial score (nSPS) is 15.8. The lowest BCUT2D eigenvalue weighted by molar-refractivity contribution is -0.317. The summed E-state index contributed by atoms with van der Waals surface area (Å²) in [6, 6.07) is 0. The topological polar surface area (TPSA) is 97.7 Å². The Morgan fingerprint density at radius 3 is 1.92 bits per heavy atom.